The van der Waals surface area contributed by atoms with Crippen molar-refractivity contribution in [3.8, 4) is 0 Å². The van der Waals surface area contributed by atoms with E-state index in [1.54, 1.807) is 0 Å². The third-order valence-electron chi connectivity index (χ3n) is 6.39. The van der Waals surface area contributed by atoms with E-state index in [1.165, 1.54) is 23.8 Å². The standard InChI is InChI=1S/C21H25N3O/c25-21-7-3-6-20-17-10-15(12-24(20)21)11-23(14-17)13-16-8-9-22-19-5-2-1-4-18(16)19/h1-2,4-5,8-9,15,17,20H,3,6-7,10-14H2/t15-,17-,20+/m1/s1. The van der Waals surface area contributed by atoms with Crippen LogP contribution in [0.15, 0.2) is 36.5 Å². The lowest BCUT2D eigenvalue weighted by molar-refractivity contribution is -0.145. The monoisotopic (exact) mass is 335 g/mol. The highest BCUT2D eigenvalue weighted by Gasteiger charge is 2.43. The summed E-state index contributed by atoms with van der Waals surface area (Å²) in [7, 11) is 0. The maximum Gasteiger partial charge on any atom is 0.222 e. The zero-order chi connectivity index (χ0) is 16.8. The summed E-state index contributed by atoms with van der Waals surface area (Å²) in [6.07, 6.45) is 6.29. The molecule has 4 nitrogen and oxygen atoms in total. The molecule has 0 saturated carbocycles. The van der Waals surface area contributed by atoms with Crippen molar-refractivity contribution in [2.75, 3.05) is 19.6 Å². The van der Waals surface area contributed by atoms with E-state index >= 15 is 0 Å². The number of hydrogen-bond acceptors (Lipinski definition) is 3. The van der Waals surface area contributed by atoms with Gasteiger partial charge in [0.15, 0.2) is 0 Å². The molecule has 0 aliphatic carbocycles. The molecule has 0 unspecified atom stereocenters. The Morgan fingerprint density at radius 3 is 3.00 bits per heavy atom. The normalized spacial score (nSPS) is 29.7. The number of likely N-dealkylation sites (tertiary alicyclic amines) is 1. The first-order valence-corrected chi connectivity index (χ1v) is 9.62. The van der Waals surface area contributed by atoms with Gasteiger partial charge in [-0.05, 0) is 48.8 Å². The average Bonchev–Trinajstić information content (AvgIpc) is 2.63. The van der Waals surface area contributed by atoms with Gasteiger partial charge in [-0.1, -0.05) is 18.2 Å². The summed E-state index contributed by atoms with van der Waals surface area (Å²) in [6, 6.07) is 11.1. The third-order valence-corrected chi connectivity index (χ3v) is 6.39. The quantitative estimate of drug-likeness (QED) is 0.846. The number of rotatable bonds is 2. The lowest BCUT2D eigenvalue weighted by Gasteiger charge is -2.52. The Labute approximate surface area is 148 Å². The van der Waals surface area contributed by atoms with E-state index < -0.39 is 0 Å². The molecule has 3 fully saturated rings. The van der Waals surface area contributed by atoms with Gasteiger partial charge in [-0.2, -0.15) is 0 Å². The molecule has 5 rings (SSSR count). The summed E-state index contributed by atoms with van der Waals surface area (Å²) in [5.74, 6) is 1.70. The van der Waals surface area contributed by atoms with E-state index in [0.29, 0.717) is 23.8 Å². The summed E-state index contributed by atoms with van der Waals surface area (Å²) in [5, 5.41) is 1.27. The van der Waals surface area contributed by atoms with E-state index in [2.05, 4.69) is 45.1 Å². The van der Waals surface area contributed by atoms with E-state index in [9.17, 15) is 4.79 Å². The first kappa shape index (κ1) is 15.3. The number of para-hydroxylation sites is 1. The summed E-state index contributed by atoms with van der Waals surface area (Å²) in [6.45, 7) is 4.22. The molecule has 3 atom stereocenters. The van der Waals surface area contributed by atoms with Crippen LogP contribution in [-0.2, 0) is 11.3 Å². The van der Waals surface area contributed by atoms with Gasteiger partial charge < -0.3 is 4.90 Å². The molecule has 0 spiro atoms. The maximum atomic E-state index is 12.3. The van der Waals surface area contributed by atoms with Crippen molar-refractivity contribution >= 4 is 16.8 Å². The second-order valence-electron chi connectivity index (χ2n) is 8.05. The van der Waals surface area contributed by atoms with Crippen molar-refractivity contribution in [1.82, 2.24) is 14.8 Å². The minimum Gasteiger partial charge on any atom is -0.339 e. The van der Waals surface area contributed by atoms with Crippen LogP contribution in [0.2, 0.25) is 0 Å². The number of pyridine rings is 1. The molecule has 3 aliphatic heterocycles. The molecule has 3 saturated heterocycles. The number of hydrogen-bond donors (Lipinski definition) is 0. The Balaban J connectivity index is 1.37. The lowest BCUT2D eigenvalue weighted by Crippen LogP contribution is -2.60. The van der Waals surface area contributed by atoms with Crippen molar-refractivity contribution < 1.29 is 4.79 Å². The van der Waals surface area contributed by atoms with Crippen LogP contribution in [0.1, 0.15) is 31.2 Å². The van der Waals surface area contributed by atoms with Crippen LogP contribution >= 0.6 is 0 Å². The van der Waals surface area contributed by atoms with E-state index in [-0.39, 0.29) is 0 Å². The molecular weight excluding hydrogens is 310 g/mol. The smallest absolute Gasteiger partial charge is 0.222 e. The van der Waals surface area contributed by atoms with E-state index in [1.807, 2.05) is 6.20 Å². The predicted octanol–water partition coefficient (Wildman–Crippen LogP) is 3.07. The molecule has 4 heterocycles. The molecule has 3 aliphatic rings. The summed E-state index contributed by atoms with van der Waals surface area (Å²) in [5.41, 5.74) is 2.46. The molecule has 25 heavy (non-hydrogen) atoms. The Bertz CT molecular complexity index is 799. The highest BCUT2D eigenvalue weighted by Crippen LogP contribution is 2.38. The number of carbonyl (C=O) groups is 1. The molecular formula is C21H25N3O. The molecule has 130 valence electrons. The van der Waals surface area contributed by atoms with Gasteiger partial charge in [0.2, 0.25) is 5.91 Å². The van der Waals surface area contributed by atoms with E-state index in [0.717, 1.165) is 44.5 Å². The van der Waals surface area contributed by atoms with Crippen molar-refractivity contribution in [3.05, 3.63) is 42.1 Å². The number of amides is 1. The number of carbonyl (C=O) groups excluding carboxylic acids is 1. The highest BCUT2D eigenvalue weighted by molar-refractivity contribution is 5.81. The van der Waals surface area contributed by atoms with Crippen molar-refractivity contribution in [1.29, 1.82) is 0 Å². The first-order valence-electron chi connectivity index (χ1n) is 9.62. The van der Waals surface area contributed by atoms with Crippen LogP contribution in [-0.4, -0.2) is 46.4 Å². The van der Waals surface area contributed by atoms with Gasteiger partial charge in [0.25, 0.3) is 0 Å². The largest absolute Gasteiger partial charge is 0.339 e. The zero-order valence-electron chi connectivity index (χ0n) is 14.6. The van der Waals surface area contributed by atoms with Crippen LogP contribution in [0, 0.1) is 11.8 Å². The van der Waals surface area contributed by atoms with Gasteiger partial charge in [-0.15, -0.1) is 0 Å². The molecule has 2 bridgehead atoms. The van der Waals surface area contributed by atoms with Crippen LogP contribution in [0.3, 0.4) is 0 Å². The topological polar surface area (TPSA) is 36.4 Å². The van der Waals surface area contributed by atoms with Gasteiger partial charge in [0, 0.05) is 50.2 Å². The number of nitrogens with zero attached hydrogens (tertiary/aromatic N) is 3. The molecule has 2 aromatic rings. The van der Waals surface area contributed by atoms with Crippen LogP contribution in [0.25, 0.3) is 10.9 Å². The number of aromatic nitrogens is 1. The average molecular weight is 335 g/mol. The first-order chi connectivity index (χ1) is 12.3. The number of fused-ring (bicyclic) bond motifs is 5. The van der Waals surface area contributed by atoms with Gasteiger partial charge in [0.05, 0.1) is 5.52 Å². The molecule has 4 heteroatoms. The SMILES string of the molecule is O=C1CCC[C@H]2[C@@H]3C[C@H](CN(Cc4ccnc5ccccc45)C3)CN12. The Morgan fingerprint density at radius 1 is 1.12 bits per heavy atom. The molecule has 0 N–H and O–H groups in total. The molecule has 1 aromatic heterocycles. The Hall–Kier alpha value is -1.94. The van der Waals surface area contributed by atoms with E-state index in [4.69, 9.17) is 0 Å². The zero-order valence-corrected chi connectivity index (χ0v) is 14.6. The second-order valence-corrected chi connectivity index (χ2v) is 8.05. The predicted molar refractivity (Wildman–Crippen MR) is 98.0 cm³/mol. The van der Waals surface area contributed by atoms with Crippen molar-refractivity contribution in [3.63, 3.8) is 0 Å². The fourth-order valence-electron chi connectivity index (χ4n) is 5.37. The molecule has 0 radical (unpaired) electrons. The minimum absolute atomic E-state index is 0.402. The fraction of sp³-hybridized carbons (Fsp3) is 0.524. The summed E-state index contributed by atoms with van der Waals surface area (Å²) in [4.78, 5) is 21.6. The van der Waals surface area contributed by atoms with Gasteiger partial charge in [-0.25, -0.2) is 0 Å². The van der Waals surface area contributed by atoms with Crippen LogP contribution in [0.5, 0.6) is 0 Å². The van der Waals surface area contributed by atoms with Crippen molar-refractivity contribution in [2.45, 2.75) is 38.3 Å². The molecule has 1 amide bonds. The molecule has 1 aromatic carbocycles. The highest BCUT2D eigenvalue weighted by atomic mass is 16.2. The second kappa shape index (κ2) is 6.10. The van der Waals surface area contributed by atoms with Crippen LogP contribution in [0.4, 0.5) is 0 Å². The lowest BCUT2D eigenvalue weighted by atomic mass is 9.76. The Morgan fingerprint density at radius 2 is 2.04 bits per heavy atom. The third kappa shape index (κ3) is 2.73. The number of piperidine rings is 3. The Kier molecular flexibility index (Phi) is 3.74. The van der Waals surface area contributed by atoms with Gasteiger partial charge in [0.1, 0.15) is 0 Å². The summed E-state index contributed by atoms with van der Waals surface area (Å²) < 4.78 is 0. The van der Waals surface area contributed by atoms with Crippen LogP contribution < -0.4 is 0 Å². The van der Waals surface area contributed by atoms with Gasteiger partial charge in [-0.3, -0.25) is 14.7 Å². The summed E-state index contributed by atoms with van der Waals surface area (Å²) >= 11 is 0. The van der Waals surface area contributed by atoms with Crippen molar-refractivity contribution in [2.24, 2.45) is 11.8 Å². The maximum absolute atomic E-state index is 12.3. The fourth-order valence-corrected chi connectivity index (χ4v) is 5.37. The minimum atomic E-state index is 0.402. The number of benzene rings is 1. The van der Waals surface area contributed by atoms with Gasteiger partial charge >= 0.3 is 0 Å².